The Morgan fingerprint density at radius 1 is 1.03 bits per heavy atom. The second kappa shape index (κ2) is 8.19. The maximum absolute atomic E-state index is 13.3. The smallest absolute Gasteiger partial charge is 0.435 e. The number of hydrogen-bond acceptors (Lipinski definition) is 5. The molecule has 6 nitrogen and oxygen atoms in total. The Labute approximate surface area is 181 Å². The normalized spacial score (nSPS) is 12.1. The molecule has 166 valence electrons. The summed E-state index contributed by atoms with van der Waals surface area (Å²) < 4.78 is 75.3. The van der Waals surface area contributed by atoms with Crippen LogP contribution in [0.15, 0.2) is 82.3 Å². The average molecular weight is 462 g/mol. The molecule has 2 aromatic carbocycles. The third kappa shape index (κ3) is 4.70. The van der Waals surface area contributed by atoms with E-state index in [1.807, 2.05) is 0 Å². The van der Waals surface area contributed by atoms with Crippen molar-refractivity contribution in [2.45, 2.75) is 17.7 Å². The highest BCUT2D eigenvalue weighted by molar-refractivity contribution is 7.90. The van der Waals surface area contributed by atoms with E-state index in [9.17, 15) is 21.6 Å². The monoisotopic (exact) mass is 462 g/mol. The van der Waals surface area contributed by atoms with Crippen molar-refractivity contribution in [2.75, 3.05) is 6.26 Å². The largest absolute Gasteiger partial charge is 0.486 e. The van der Waals surface area contributed by atoms with Crippen LogP contribution >= 0.6 is 0 Å². The van der Waals surface area contributed by atoms with Gasteiger partial charge in [0.2, 0.25) is 0 Å². The van der Waals surface area contributed by atoms with Crippen molar-refractivity contribution in [1.29, 1.82) is 0 Å². The lowest BCUT2D eigenvalue weighted by molar-refractivity contribution is -0.141. The number of sulfone groups is 1. The molecule has 32 heavy (non-hydrogen) atoms. The van der Waals surface area contributed by atoms with E-state index in [0.29, 0.717) is 22.8 Å². The molecule has 10 heteroatoms. The standard InChI is InChI=1S/C22H17F3N2O4S/c1-32(28,29)19-10-6-16(7-11-19)27-20(13-21(26-27)22(23,24)25)15-4-8-17(9-5-15)31-14-18-3-2-12-30-18/h2-13H,14H2,1H3. The number of benzene rings is 2. The van der Waals surface area contributed by atoms with Gasteiger partial charge in [0.25, 0.3) is 0 Å². The van der Waals surface area contributed by atoms with Gasteiger partial charge in [-0.3, -0.25) is 0 Å². The fraction of sp³-hybridized carbons (Fsp3) is 0.136. The third-order valence-corrected chi connectivity index (χ3v) is 5.75. The summed E-state index contributed by atoms with van der Waals surface area (Å²) in [6.07, 6.45) is -2.05. The van der Waals surface area contributed by atoms with E-state index in [1.54, 1.807) is 36.4 Å². The Hall–Kier alpha value is -3.53. The summed E-state index contributed by atoms with van der Waals surface area (Å²) in [4.78, 5) is 0.0593. The third-order valence-electron chi connectivity index (χ3n) is 4.62. The van der Waals surface area contributed by atoms with Crippen LogP contribution in [0.25, 0.3) is 16.9 Å². The van der Waals surface area contributed by atoms with Crippen LogP contribution < -0.4 is 4.74 Å². The zero-order chi connectivity index (χ0) is 22.9. The molecule has 0 spiro atoms. The summed E-state index contributed by atoms with van der Waals surface area (Å²) in [6.45, 7) is 0.217. The molecule has 0 unspecified atom stereocenters. The van der Waals surface area contributed by atoms with Crippen molar-refractivity contribution < 1.29 is 30.7 Å². The molecule has 0 aliphatic heterocycles. The summed E-state index contributed by atoms with van der Waals surface area (Å²) in [6, 6.07) is 16.4. The lowest BCUT2D eigenvalue weighted by Crippen LogP contribution is -2.07. The first kappa shape index (κ1) is 21.7. The Bertz CT molecular complexity index is 1310. The molecular weight excluding hydrogens is 445 g/mol. The van der Waals surface area contributed by atoms with Crippen LogP contribution in [0.1, 0.15) is 11.5 Å². The number of furan rings is 1. The maximum Gasteiger partial charge on any atom is 0.435 e. The van der Waals surface area contributed by atoms with Crippen molar-refractivity contribution in [3.05, 3.63) is 84.4 Å². The van der Waals surface area contributed by atoms with Gasteiger partial charge in [-0.05, 0) is 66.7 Å². The predicted molar refractivity (Wildman–Crippen MR) is 110 cm³/mol. The summed E-state index contributed by atoms with van der Waals surface area (Å²) >= 11 is 0. The molecule has 0 radical (unpaired) electrons. The lowest BCUT2D eigenvalue weighted by atomic mass is 10.1. The fourth-order valence-electron chi connectivity index (χ4n) is 3.03. The molecule has 0 saturated heterocycles. The van der Waals surface area contributed by atoms with Gasteiger partial charge in [0.1, 0.15) is 18.1 Å². The van der Waals surface area contributed by atoms with Gasteiger partial charge in [-0.25, -0.2) is 13.1 Å². The molecule has 2 heterocycles. The van der Waals surface area contributed by atoms with Crippen LogP contribution in [-0.2, 0) is 22.6 Å². The average Bonchev–Trinajstić information content (AvgIpc) is 3.42. The highest BCUT2D eigenvalue weighted by atomic mass is 32.2. The molecule has 0 aliphatic carbocycles. The van der Waals surface area contributed by atoms with E-state index in [1.165, 1.54) is 30.5 Å². The molecule has 4 aromatic rings. The molecule has 0 amide bonds. The number of hydrogen-bond donors (Lipinski definition) is 0. The SMILES string of the molecule is CS(=O)(=O)c1ccc(-n2nc(C(F)(F)F)cc2-c2ccc(OCc3ccco3)cc2)cc1. The molecule has 0 aliphatic rings. The van der Waals surface area contributed by atoms with E-state index < -0.39 is 21.7 Å². The minimum Gasteiger partial charge on any atom is -0.486 e. The fourth-order valence-corrected chi connectivity index (χ4v) is 3.66. The molecule has 0 bridgehead atoms. The van der Waals surface area contributed by atoms with E-state index in [-0.39, 0.29) is 17.2 Å². The number of rotatable bonds is 6. The zero-order valence-corrected chi connectivity index (χ0v) is 17.5. The van der Waals surface area contributed by atoms with Crippen LogP contribution in [0.3, 0.4) is 0 Å². The molecule has 4 rings (SSSR count). The first-order valence-electron chi connectivity index (χ1n) is 9.35. The molecule has 0 fully saturated rings. The summed E-state index contributed by atoms with van der Waals surface area (Å²) in [7, 11) is -3.44. The molecule has 2 aromatic heterocycles. The Balaban J connectivity index is 1.67. The number of halogens is 3. The van der Waals surface area contributed by atoms with Gasteiger partial charge in [-0.1, -0.05) is 0 Å². The van der Waals surface area contributed by atoms with Gasteiger partial charge in [-0.2, -0.15) is 18.3 Å². The number of ether oxygens (including phenoxy) is 1. The van der Waals surface area contributed by atoms with Gasteiger partial charge >= 0.3 is 6.18 Å². The van der Waals surface area contributed by atoms with Crippen LogP contribution in [0.4, 0.5) is 13.2 Å². The Morgan fingerprint density at radius 3 is 2.28 bits per heavy atom. The van der Waals surface area contributed by atoms with Gasteiger partial charge in [0, 0.05) is 11.8 Å². The number of nitrogens with zero attached hydrogens (tertiary/aromatic N) is 2. The van der Waals surface area contributed by atoms with Gasteiger partial charge in [-0.15, -0.1) is 0 Å². The molecular formula is C22H17F3N2O4S. The van der Waals surface area contributed by atoms with Crippen LogP contribution in [-0.4, -0.2) is 24.5 Å². The van der Waals surface area contributed by atoms with Crippen molar-refractivity contribution in [1.82, 2.24) is 9.78 Å². The van der Waals surface area contributed by atoms with E-state index in [0.717, 1.165) is 17.0 Å². The summed E-state index contributed by atoms with van der Waals surface area (Å²) in [5, 5.41) is 3.71. The van der Waals surface area contributed by atoms with E-state index in [4.69, 9.17) is 9.15 Å². The Morgan fingerprint density at radius 2 is 1.72 bits per heavy atom. The highest BCUT2D eigenvalue weighted by Gasteiger charge is 2.35. The number of aromatic nitrogens is 2. The van der Waals surface area contributed by atoms with Crippen molar-refractivity contribution in [3.63, 3.8) is 0 Å². The molecule has 0 N–H and O–H groups in total. The molecule has 0 atom stereocenters. The summed E-state index contributed by atoms with van der Waals surface area (Å²) in [5.74, 6) is 1.16. The highest BCUT2D eigenvalue weighted by Crippen LogP contribution is 2.34. The number of alkyl halides is 3. The predicted octanol–water partition coefficient (Wildman–Crippen LogP) is 5.13. The lowest BCUT2D eigenvalue weighted by Gasteiger charge is -2.10. The second-order valence-electron chi connectivity index (χ2n) is 6.98. The first-order chi connectivity index (χ1) is 15.1. The second-order valence-corrected chi connectivity index (χ2v) is 9.00. The van der Waals surface area contributed by atoms with Crippen molar-refractivity contribution in [3.8, 4) is 22.7 Å². The van der Waals surface area contributed by atoms with Crippen molar-refractivity contribution >= 4 is 9.84 Å². The van der Waals surface area contributed by atoms with Gasteiger partial charge in [0.05, 0.1) is 22.5 Å². The van der Waals surface area contributed by atoms with E-state index in [2.05, 4.69) is 5.10 Å². The zero-order valence-electron chi connectivity index (χ0n) is 16.7. The van der Waals surface area contributed by atoms with Gasteiger partial charge < -0.3 is 9.15 Å². The maximum atomic E-state index is 13.3. The Kier molecular flexibility index (Phi) is 5.55. The van der Waals surface area contributed by atoms with Gasteiger partial charge in [0.15, 0.2) is 15.5 Å². The van der Waals surface area contributed by atoms with Crippen LogP contribution in [0.2, 0.25) is 0 Å². The van der Waals surface area contributed by atoms with Crippen molar-refractivity contribution in [2.24, 2.45) is 0 Å². The quantitative estimate of drug-likeness (QED) is 0.397. The topological polar surface area (TPSA) is 74.3 Å². The first-order valence-corrected chi connectivity index (χ1v) is 11.2. The summed E-state index contributed by atoms with van der Waals surface area (Å²) in [5.41, 5.74) is -0.0913. The van der Waals surface area contributed by atoms with Crippen LogP contribution in [0.5, 0.6) is 5.75 Å². The minimum atomic E-state index is -4.64. The van der Waals surface area contributed by atoms with E-state index >= 15 is 0 Å². The molecule has 0 saturated carbocycles. The van der Waals surface area contributed by atoms with Crippen LogP contribution in [0, 0.1) is 0 Å². The minimum absolute atomic E-state index is 0.0593.